The number of rotatable bonds is 6. The summed E-state index contributed by atoms with van der Waals surface area (Å²) >= 11 is 6.15. The summed E-state index contributed by atoms with van der Waals surface area (Å²) in [6.07, 6.45) is 0. The zero-order chi connectivity index (χ0) is 24.3. The number of nitrogens with one attached hydrogen (secondary N) is 2. The van der Waals surface area contributed by atoms with Gasteiger partial charge in [-0.1, -0.05) is 23.7 Å². The molecule has 0 aliphatic heterocycles. The third kappa shape index (κ3) is 5.53. The number of hydrogen-bond donors (Lipinski definition) is 2. The highest BCUT2D eigenvalue weighted by atomic mass is 35.5. The Hall–Kier alpha value is -3.36. The molecule has 3 aromatic rings. The van der Waals surface area contributed by atoms with Crippen LogP contribution in [0.25, 0.3) is 0 Å². The highest BCUT2D eigenvalue weighted by Crippen LogP contribution is 2.26. The van der Waals surface area contributed by atoms with Crippen molar-refractivity contribution in [3.05, 3.63) is 87.4 Å². The Kier molecular flexibility index (Phi) is 7.09. The van der Waals surface area contributed by atoms with Crippen molar-refractivity contribution in [2.75, 3.05) is 17.1 Å². The van der Waals surface area contributed by atoms with E-state index >= 15 is 0 Å². The molecule has 1 amide bonds. The number of methoxy groups -OCH3 is 1. The van der Waals surface area contributed by atoms with Gasteiger partial charge in [-0.3, -0.25) is 9.52 Å². The minimum atomic E-state index is -3.95. The monoisotopic (exact) mass is 486 g/mol. The van der Waals surface area contributed by atoms with E-state index in [1.165, 1.54) is 37.4 Å². The van der Waals surface area contributed by atoms with Crippen molar-refractivity contribution in [1.82, 2.24) is 0 Å². The van der Waals surface area contributed by atoms with E-state index in [-0.39, 0.29) is 26.7 Å². The lowest BCUT2D eigenvalue weighted by atomic mass is 10.1. The first-order valence-electron chi connectivity index (χ1n) is 9.92. The molecule has 0 saturated heterocycles. The van der Waals surface area contributed by atoms with Gasteiger partial charge in [0.05, 0.1) is 28.3 Å². The lowest BCUT2D eigenvalue weighted by Crippen LogP contribution is -2.17. The Morgan fingerprint density at radius 3 is 2.18 bits per heavy atom. The van der Waals surface area contributed by atoms with Crippen LogP contribution < -0.4 is 10.0 Å². The molecule has 0 aromatic heterocycles. The van der Waals surface area contributed by atoms with Crippen molar-refractivity contribution in [2.24, 2.45) is 0 Å². The summed E-state index contributed by atoms with van der Waals surface area (Å²) in [5, 5.41) is 2.83. The molecule has 0 atom stereocenters. The Labute approximate surface area is 197 Å². The van der Waals surface area contributed by atoms with Crippen LogP contribution in [0.1, 0.15) is 37.4 Å². The fraction of sp³-hybridized carbons (Fsp3) is 0.167. The number of benzene rings is 3. The molecule has 0 unspecified atom stereocenters. The molecular weight excluding hydrogens is 464 g/mol. The number of carbonyl (C=O) groups excluding carboxylic acids is 2. The zero-order valence-corrected chi connectivity index (χ0v) is 20.1. The molecule has 0 radical (unpaired) electrons. The minimum absolute atomic E-state index is 0.0252. The first-order chi connectivity index (χ1) is 15.5. The second-order valence-electron chi connectivity index (χ2n) is 7.53. The summed E-state index contributed by atoms with van der Waals surface area (Å²) in [5.74, 6) is -1.16. The van der Waals surface area contributed by atoms with Crippen molar-refractivity contribution in [3.63, 3.8) is 0 Å². The highest BCUT2D eigenvalue weighted by molar-refractivity contribution is 7.92. The van der Waals surface area contributed by atoms with Crippen molar-refractivity contribution >= 4 is 44.9 Å². The van der Waals surface area contributed by atoms with Gasteiger partial charge in [0, 0.05) is 11.3 Å². The van der Waals surface area contributed by atoms with Crippen molar-refractivity contribution in [3.8, 4) is 0 Å². The molecule has 0 bridgehead atoms. The van der Waals surface area contributed by atoms with Crippen LogP contribution in [-0.2, 0) is 14.8 Å². The van der Waals surface area contributed by atoms with Crippen LogP contribution >= 0.6 is 11.6 Å². The number of carbonyl (C=O) groups is 2. The number of amides is 1. The number of esters is 1. The van der Waals surface area contributed by atoms with Crippen molar-refractivity contribution in [1.29, 1.82) is 0 Å². The zero-order valence-electron chi connectivity index (χ0n) is 18.5. The Bertz CT molecular complexity index is 1350. The van der Waals surface area contributed by atoms with Crippen LogP contribution in [0.15, 0.2) is 59.5 Å². The maximum atomic E-state index is 13.0. The van der Waals surface area contributed by atoms with Gasteiger partial charge in [0.2, 0.25) is 0 Å². The summed E-state index contributed by atoms with van der Waals surface area (Å²) in [4.78, 5) is 24.6. The summed E-state index contributed by atoms with van der Waals surface area (Å²) in [7, 11) is -2.70. The second kappa shape index (κ2) is 9.64. The van der Waals surface area contributed by atoms with Gasteiger partial charge in [0.15, 0.2) is 0 Å². The molecular formula is C24H23ClN2O5S. The number of sulfonamides is 1. The molecule has 0 saturated carbocycles. The Morgan fingerprint density at radius 1 is 0.848 bits per heavy atom. The predicted molar refractivity (Wildman–Crippen MR) is 129 cm³/mol. The average molecular weight is 487 g/mol. The van der Waals surface area contributed by atoms with E-state index in [9.17, 15) is 18.0 Å². The molecule has 9 heteroatoms. The van der Waals surface area contributed by atoms with Gasteiger partial charge in [-0.2, -0.15) is 0 Å². The van der Waals surface area contributed by atoms with Gasteiger partial charge in [0.25, 0.3) is 15.9 Å². The highest BCUT2D eigenvalue weighted by Gasteiger charge is 2.20. The van der Waals surface area contributed by atoms with E-state index < -0.39 is 21.9 Å². The molecule has 0 aliphatic carbocycles. The number of anilines is 2. The molecule has 172 valence electrons. The van der Waals surface area contributed by atoms with E-state index in [0.717, 1.165) is 11.1 Å². The average Bonchev–Trinajstić information content (AvgIpc) is 2.77. The third-order valence-corrected chi connectivity index (χ3v) is 6.99. The van der Waals surface area contributed by atoms with Crippen molar-refractivity contribution < 1.29 is 22.7 Å². The Morgan fingerprint density at radius 2 is 1.52 bits per heavy atom. The lowest BCUT2D eigenvalue weighted by molar-refractivity contribution is 0.0600. The molecule has 3 aromatic carbocycles. The molecule has 2 N–H and O–H groups in total. The van der Waals surface area contributed by atoms with Gasteiger partial charge >= 0.3 is 5.97 Å². The smallest absolute Gasteiger partial charge is 0.337 e. The lowest BCUT2D eigenvalue weighted by Gasteiger charge is -2.14. The van der Waals surface area contributed by atoms with E-state index in [1.807, 2.05) is 19.9 Å². The van der Waals surface area contributed by atoms with Crippen LogP contribution in [0.5, 0.6) is 0 Å². The summed E-state index contributed by atoms with van der Waals surface area (Å²) in [5.41, 5.74) is 3.42. The number of hydrogen-bond acceptors (Lipinski definition) is 5. The van der Waals surface area contributed by atoms with Gasteiger partial charge in [-0.15, -0.1) is 0 Å². The maximum absolute atomic E-state index is 13.0. The largest absolute Gasteiger partial charge is 0.465 e. The third-order valence-electron chi connectivity index (χ3n) is 5.13. The quantitative estimate of drug-likeness (QED) is 0.472. The van der Waals surface area contributed by atoms with Crippen LogP contribution in [0.3, 0.4) is 0 Å². The van der Waals surface area contributed by atoms with Gasteiger partial charge < -0.3 is 10.1 Å². The molecule has 0 heterocycles. The SMILES string of the molecule is COC(=O)c1ccc(Cl)c(NC(=O)c2ccc(C)c(S(=O)(=O)Nc3ccc(C)c(C)c3)c2)c1. The normalized spacial score (nSPS) is 11.1. The first-order valence-corrected chi connectivity index (χ1v) is 11.8. The fourth-order valence-electron chi connectivity index (χ4n) is 3.11. The molecule has 0 fully saturated rings. The molecule has 33 heavy (non-hydrogen) atoms. The van der Waals surface area contributed by atoms with Crippen LogP contribution in [-0.4, -0.2) is 27.4 Å². The fourth-order valence-corrected chi connectivity index (χ4v) is 4.59. The van der Waals surface area contributed by atoms with E-state index in [2.05, 4.69) is 14.8 Å². The number of ether oxygens (including phenoxy) is 1. The number of halogens is 1. The van der Waals surface area contributed by atoms with Crippen molar-refractivity contribution in [2.45, 2.75) is 25.7 Å². The molecule has 3 rings (SSSR count). The van der Waals surface area contributed by atoms with Crippen LogP contribution in [0.2, 0.25) is 5.02 Å². The predicted octanol–water partition coefficient (Wildman–Crippen LogP) is 5.10. The van der Waals surface area contributed by atoms with Crippen LogP contribution in [0, 0.1) is 20.8 Å². The van der Waals surface area contributed by atoms with Crippen LogP contribution in [0.4, 0.5) is 11.4 Å². The molecule has 0 aliphatic rings. The second-order valence-corrected chi connectivity index (χ2v) is 9.58. The summed E-state index contributed by atoms with van der Waals surface area (Å²) in [6, 6.07) is 13.9. The summed E-state index contributed by atoms with van der Waals surface area (Å²) < 4.78 is 33.3. The van der Waals surface area contributed by atoms with Gasteiger partial charge in [-0.25, -0.2) is 13.2 Å². The Balaban J connectivity index is 1.90. The first kappa shape index (κ1) is 24.3. The van der Waals surface area contributed by atoms with Gasteiger partial charge in [0.1, 0.15) is 0 Å². The van der Waals surface area contributed by atoms with Gasteiger partial charge in [-0.05, 0) is 79.9 Å². The molecule has 0 spiro atoms. The van der Waals surface area contributed by atoms with E-state index in [4.69, 9.17) is 11.6 Å². The summed E-state index contributed by atoms with van der Waals surface area (Å²) in [6.45, 7) is 5.48. The van der Waals surface area contributed by atoms with E-state index in [0.29, 0.717) is 11.3 Å². The topological polar surface area (TPSA) is 102 Å². The molecule has 7 nitrogen and oxygen atoms in total. The number of aryl methyl sites for hydroxylation is 3. The van der Waals surface area contributed by atoms with E-state index in [1.54, 1.807) is 25.1 Å². The maximum Gasteiger partial charge on any atom is 0.337 e. The minimum Gasteiger partial charge on any atom is -0.465 e. The standard InChI is InChI=1S/C24H23ClN2O5S/c1-14-6-9-19(11-16(14)3)27-33(30,31)22-13-17(7-5-15(22)2)23(28)26-21-12-18(24(29)32-4)8-10-20(21)25/h5-13,27H,1-4H3,(H,26,28).